The number of carbonyl (C=O) groups excluding carboxylic acids is 1. The van der Waals surface area contributed by atoms with Crippen LogP contribution in [0.4, 0.5) is 5.69 Å². The number of benzene rings is 3. The average Bonchev–Trinajstić information content (AvgIpc) is 3.42. The van der Waals surface area contributed by atoms with Crippen LogP contribution in [0.25, 0.3) is 17.0 Å². The SMILES string of the molecule is C=CCn1c(C)c(/C=c2\sc3n(c2=O)[C@H](c2ccc(Cl)cc2)C(C(=O)Nc2ccccc2)=C(C)N=3)c2ccccc21. The molecule has 8 heteroatoms. The van der Waals surface area contributed by atoms with Crippen LogP contribution in [0, 0.1) is 6.92 Å². The molecule has 1 N–H and O–H groups in total. The van der Waals surface area contributed by atoms with Crippen LogP contribution in [0.15, 0.2) is 113 Å². The number of rotatable bonds is 6. The highest BCUT2D eigenvalue weighted by Gasteiger charge is 2.32. The quantitative estimate of drug-likeness (QED) is 0.252. The van der Waals surface area contributed by atoms with E-state index in [2.05, 4.69) is 35.5 Å². The largest absolute Gasteiger partial charge is 0.340 e. The molecule has 0 spiro atoms. The van der Waals surface area contributed by atoms with Gasteiger partial charge in [0.25, 0.3) is 11.5 Å². The minimum Gasteiger partial charge on any atom is -0.340 e. The molecule has 6 rings (SSSR count). The molecule has 1 atom stereocenters. The van der Waals surface area contributed by atoms with Crippen molar-refractivity contribution in [1.29, 1.82) is 0 Å². The Kier molecular flexibility index (Phi) is 7.07. The number of nitrogens with one attached hydrogen (secondary N) is 1. The van der Waals surface area contributed by atoms with E-state index in [-0.39, 0.29) is 11.5 Å². The molecular weight excluding hydrogens is 552 g/mol. The second-order valence-electron chi connectivity index (χ2n) is 9.87. The first-order chi connectivity index (χ1) is 19.9. The van der Waals surface area contributed by atoms with E-state index in [0.29, 0.717) is 37.9 Å². The Bertz CT molecular complexity index is 2030. The van der Waals surface area contributed by atoms with Crippen LogP contribution in [-0.4, -0.2) is 15.0 Å². The fourth-order valence-corrected chi connectivity index (χ4v) is 6.58. The van der Waals surface area contributed by atoms with Gasteiger partial charge in [0.2, 0.25) is 0 Å². The van der Waals surface area contributed by atoms with E-state index in [9.17, 15) is 9.59 Å². The number of anilines is 1. The summed E-state index contributed by atoms with van der Waals surface area (Å²) in [6, 6.07) is 24.0. The van der Waals surface area contributed by atoms with Gasteiger partial charge in [0.15, 0.2) is 4.80 Å². The fraction of sp³-hybridized carbons (Fsp3) is 0.121. The summed E-state index contributed by atoms with van der Waals surface area (Å²) in [5, 5.41) is 4.61. The van der Waals surface area contributed by atoms with Gasteiger partial charge in [-0.25, -0.2) is 4.99 Å². The standard InChI is InChI=1S/C33H27ClN4O2S/c1-4-18-37-21(3)26(25-12-8-9-13-27(25)37)19-28-32(40)38-30(22-14-16-23(34)17-15-22)29(20(2)35-33(38)41-28)31(39)36-24-10-6-5-7-11-24/h4-17,19,30H,1,18H2,2-3H3,(H,36,39)/b28-19-/t30-/m1/s1. The highest BCUT2D eigenvalue weighted by molar-refractivity contribution is 7.07. The summed E-state index contributed by atoms with van der Waals surface area (Å²) in [5.74, 6) is -0.310. The Balaban J connectivity index is 1.55. The van der Waals surface area contributed by atoms with E-state index >= 15 is 0 Å². The molecular formula is C33H27ClN4O2S. The maximum absolute atomic E-state index is 14.2. The van der Waals surface area contributed by atoms with Gasteiger partial charge in [-0.3, -0.25) is 14.2 Å². The number of allylic oxidation sites excluding steroid dienone is 2. The van der Waals surface area contributed by atoms with E-state index in [1.807, 2.05) is 73.7 Å². The monoisotopic (exact) mass is 578 g/mol. The molecule has 0 bridgehead atoms. The topological polar surface area (TPSA) is 68.4 Å². The number of hydrogen-bond donors (Lipinski definition) is 1. The average molecular weight is 579 g/mol. The summed E-state index contributed by atoms with van der Waals surface area (Å²) < 4.78 is 4.37. The molecule has 41 heavy (non-hydrogen) atoms. The maximum atomic E-state index is 14.2. The fourth-order valence-electron chi connectivity index (χ4n) is 5.43. The van der Waals surface area contributed by atoms with Gasteiger partial charge in [-0.15, -0.1) is 6.58 Å². The number of hydrogen-bond acceptors (Lipinski definition) is 4. The van der Waals surface area contributed by atoms with Gasteiger partial charge in [-0.1, -0.05) is 77.5 Å². The Morgan fingerprint density at radius 2 is 1.76 bits per heavy atom. The number of carbonyl (C=O) groups is 1. The van der Waals surface area contributed by atoms with Gasteiger partial charge in [-0.2, -0.15) is 0 Å². The van der Waals surface area contributed by atoms with Crippen molar-refractivity contribution in [2.75, 3.05) is 5.32 Å². The number of nitrogens with zero attached hydrogens (tertiary/aromatic N) is 3. The lowest BCUT2D eigenvalue weighted by Crippen LogP contribution is -2.40. The Hall–Kier alpha value is -4.46. The lowest BCUT2D eigenvalue weighted by molar-refractivity contribution is -0.113. The lowest BCUT2D eigenvalue weighted by atomic mass is 9.95. The number of para-hydroxylation sites is 2. The Labute approximate surface area is 245 Å². The molecule has 1 aliphatic rings. The van der Waals surface area contributed by atoms with Crippen molar-refractivity contribution < 1.29 is 4.79 Å². The van der Waals surface area contributed by atoms with E-state index in [1.54, 1.807) is 16.7 Å². The van der Waals surface area contributed by atoms with Crippen molar-refractivity contribution in [1.82, 2.24) is 9.13 Å². The molecule has 0 fully saturated rings. The first-order valence-corrected chi connectivity index (χ1v) is 14.4. The molecule has 6 nitrogen and oxygen atoms in total. The second-order valence-corrected chi connectivity index (χ2v) is 11.3. The molecule has 1 aliphatic heterocycles. The van der Waals surface area contributed by atoms with Crippen LogP contribution < -0.4 is 20.2 Å². The lowest BCUT2D eigenvalue weighted by Gasteiger charge is -2.25. The van der Waals surface area contributed by atoms with Crippen LogP contribution in [0.2, 0.25) is 5.02 Å². The van der Waals surface area contributed by atoms with Crippen molar-refractivity contribution in [3.05, 3.63) is 144 Å². The van der Waals surface area contributed by atoms with Gasteiger partial charge in [0.1, 0.15) is 0 Å². The molecule has 3 aromatic carbocycles. The molecule has 0 radical (unpaired) electrons. The first kappa shape index (κ1) is 26.7. The van der Waals surface area contributed by atoms with Gasteiger partial charge >= 0.3 is 0 Å². The number of halogens is 1. The molecule has 1 amide bonds. The summed E-state index contributed by atoms with van der Waals surface area (Å²) >= 11 is 7.54. The highest BCUT2D eigenvalue weighted by Crippen LogP contribution is 2.32. The zero-order valence-corrected chi connectivity index (χ0v) is 24.2. The minimum atomic E-state index is -0.669. The summed E-state index contributed by atoms with van der Waals surface area (Å²) in [7, 11) is 0. The van der Waals surface area contributed by atoms with Crippen molar-refractivity contribution in [3.63, 3.8) is 0 Å². The second kappa shape index (κ2) is 10.8. The summed E-state index contributed by atoms with van der Waals surface area (Å²) in [6.07, 6.45) is 3.82. The third-order valence-corrected chi connectivity index (χ3v) is 8.59. The van der Waals surface area contributed by atoms with E-state index < -0.39 is 6.04 Å². The number of amides is 1. The third-order valence-electron chi connectivity index (χ3n) is 7.35. The van der Waals surface area contributed by atoms with Gasteiger partial charge in [0.05, 0.1) is 21.8 Å². The molecule has 0 aliphatic carbocycles. The molecule has 0 unspecified atom stereocenters. The molecule has 204 valence electrons. The zero-order valence-electron chi connectivity index (χ0n) is 22.6. The summed E-state index contributed by atoms with van der Waals surface area (Å²) in [6.45, 7) is 8.44. The van der Waals surface area contributed by atoms with E-state index in [4.69, 9.17) is 16.6 Å². The van der Waals surface area contributed by atoms with Gasteiger partial charge < -0.3 is 9.88 Å². The zero-order chi connectivity index (χ0) is 28.7. The van der Waals surface area contributed by atoms with Gasteiger partial charge in [-0.05, 0) is 55.8 Å². The van der Waals surface area contributed by atoms with Crippen LogP contribution in [0.5, 0.6) is 0 Å². The normalized spacial score (nSPS) is 15.1. The van der Waals surface area contributed by atoms with Crippen LogP contribution >= 0.6 is 22.9 Å². The molecule has 2 aromatic heterocycles. The van der Waals surface area contributed by atoms with Crippen LogP contribution in [-0.2, 0) is 11.3 Å². The summed E-state index contributed by atoms with van der Waals surface area (Å²) in [5.41, 5.74) is 5.31. The third kappa shape index (κ3) is 4.77. The highest BCUT2D eigenvalue weighted by atomic mass is 35.5. The van der Waals surface area contributed by atoms with E-state index in [1.165, 1.54) is 11.3 Å². The molecule has 5 aromatic rings. The smallest absolute Gasteiger partial charge is 0.271 e. The van der Waals surface area contributed by atoms with Crippen molar-refractivity contribution in [3.8, 4) is 0 Å². The minimum absolute atomic E-state index is 0.203. The van der Waals surface area contributed by atoms with Crippen molar-refractivity contribution in [2.45, 2.75) is 26.4 Å². The maximum Gasteiger partial charge on any atom is 0.271 e. The Morgan fingerprint density at radius 1 is 1.05 bits per heavy atom. The predicted molar refractivity (Wildman–Crippen MR) is 167 cm³/mol. The van der Waals surface area contributed by atoms with Gasteiger partial charge in [0, 0.05) is 39.4 Å². The molecule has 0 saturated carbocycles. The van der Waals surface area contributed by atoms with Crippen LogP contribution in [0.1, 0.15) is 29.8 Å². The van der Waals surface area contributed by atoms with Crippen LogP contribution in [0.3, 0.4) is 0 Å². The molecule has 0 saturated heterocycles. The predicted octanol–water partition coefficient (Wildman–Crippen LogP) is 5.98. The molecule has 3 heterocycles. The van der Waals surface area contributed by atoms with Crippen molar-refractivity contribution in [2.24, 2.45) is 4.99 Å². The number of thiazole rings is 1. The first-order valence-electron chi connectivity index (χ1n) is 13.2. The van der Waals surface area contributed by atoms with Crippen molar-refractivity contribution >= 4 is 51.5 Å². The number of fused-ring (bicyclic) bond motifs is 2. The van der Waals surface area contributed by atoms with E-state index in [0.717, 1.165) is 27.7 Å². The number of aromatic nitrogens is 2. The Morgan fingerprint density at radius 3 is 2.49 bits per heavy atom. The summed E-state index contributed by atoms with van der Waals surface area (Å²) in [4.78, 5) is 33.2.